The van der Waals surface area contributed by atoms with E-state index in [1.54, 1.807) is 11.8 Å². The molecule has 0 bridgehead atoms. The topological polar surface area (TPSA) is 58.4 Å². The summed E-state index contributed by atoms with van der Waals surface area (Å²) in [7, 11) is 0. The van der Waals surface area contributed by atoms with Gasteiger partial charge >= 0.3 is 0 Å². The van der Waals surface area contributed by atoms with Gasteiger partial charge in [0.25, 0.3) is 5.78 Å². The summed E-state index contributed by atoms with van der Waals surface area (Å²) in [5.74, 6) is 1.86. The smallest absolute Gasteiger partial charge is 0.255 e. The average molecular weight is 332 g/mol. The van der Waals surface area contributed by atoms with E-state index in [0.29, 0.717) is 0 Å². The molecule has 1 saturated heterocycles. The summed E-state index contributed by atoms with van der Waals surface area (Å²) in [4.78, 5) is 11.8. The Balaban J connectivity index is 1.62. The molecule has 23 heavy (non-hydrogen) atoms. The van der Waals surface area contributed by atoms with Crippen LogP contribution in [0.2, 0.25) is 0 Å². The second kappa shape index (κ2) is 6.65. The van der Waals surface area contributed by atoms with Gasteiger partial charge in [0.2, 0.25) is 5.16 Å². The van der Waals surface area contributed by atoms with E-state index in [-0.39, 0.29) is 0 Å². The molecule has 1 aliphatic carbocycles. The molecule has 2 aromatic rings. The number of aromatic nitrogens is 4. The first kappa shape index (κ1) is 15.2. The standard InChI is InChI=1S/C16H24N6S/c1-23-16-19-15-18-13-7-3-2-6-12(13)14(22(15)20-16)17-8-11-21-9-4-5-10-21/h17H,2-11H2,1H3. The quantitative estimate of drug-likeness (QED) is 0.848. The Morgan fingerprint density at radius 1 is 1.09 bits per heavy atom. The van der Waals surface area contributed by atoms with E-state index in [1.165, 1.54) is 50.0 Å². The molecule has 0 saturated carbocycles. The summed E-state index contributed by atoms with van der Waals surface area (Å²) in [6.07, 6.45) is 9.32. The summed E-state index contributed by atoms with van der Waals surface area (Å²) < 4.78 is 1.92. The van der Waals surface area contributed by atoms with Gasteiger partial charge in [0.1, 0.15) is 5.82 Å². The van der Waals surface area contributed by atoms with E-state index in [9.17, 15) is 0 Å². The van der Waals surface area contributed by atoms with Crippen molar-refractivity contribution in [3.63, 3.8) is 0 Å². The molecule has 6 nitrogen and oxygen atoms in total. The SMILES string of the molecule is CSc1nc2nc3c(c(NCCN4CCCC4)n2n1)CCCC3. The average Bonchev–Trinajstić information content (AvgIpc) is 3.23. The molecular formula is C16H24N6S. The lowest BCUT2D eigenvalue weighted by molar-refractivity contribution is 0.352. The van der Waals surface area contributed by atoms with Gasteiger partial charge in [-0.05, 0) is 57.9 Å². The zero-order valence-electron chi connectivity index (χ0n) is 13.7. The van der Waals surface area contributed by atoms with Crippen molar-refractivity contribution in [1.29, 1.82) is 0 Å². The van der Waals surface area contributed by atoms with Crippen LogP contribution in [0.3, 0.4) is 0 Å². The number of aryl methyl sites for hydroxylation is 1. The number of nitrogens with zero attached hydrogens (tertiary/aromatic N) is 5. The fourth-order valence-electron chi connectivity index (χ4n) is 3.63. The number of hydrogen-bond acceptors (Lipinski definition) is 6. The van der Waals surface area contributed by atoms with Crippen LogP contribution < -0.4 is 5.32 Å². The van der Waals surface area contributed by atoms with E-state index in [4.69, 9.17) is 4.98 Å². The lowest BCUT2D eigenvalue weighted by atomic mass is 9.96. The van der Waals surface area contributed by atoms with Crippen LogP contribution in [0.4, 0.5) is 5.82 Å². The molecule has 124 valence electrons. The van der Waals surface area contributed by atoms with Gasteiger partial charge in [0.05, 0.1) is 5.69 Å². The molecule has 0 atom stereocenters. The summed E-state index contributed by atoms with van der Waals surface area (Å²) in [5, 5.41) is 9.06. The van der Waals surface area contributed by atoms with Gasteiger partial charge in [-0.3, -0.25) is 0 Å². The van der Waals surface area contributed by atoms with Crippen LogP contribution in [0.1, 0.15) is 36.9 Å². The van der Waals surface area contributed by atoms with Crippen molar-refractivity contribution in [2.24, 2.45) is 0 Å². The summed E-state index contributed by atoms with van der Waals surface area (Å²) >= 11 is 1.57. The number of fused-ring (bicyclic) bond motifs is 2. The van der Waals surface area contributed by atoms with Gasteiger partial charge in [-0.25, -0.2) is 4.98 Å². The van der Waals surface area contributed by atoms with E-state index in [0.717, 1.165) is 42.7 Å². The fraction of sp³-hybridized carbons (Fsp3) is 0.688. The molecule has 0 amide bonds. The largest absolute Gasteiger partial charge is 0.368 e. The maximum atomic E-state index is 4.76. The van der Waals surface area contributed by atoms with E-state index in [1.807, 2.05) is 10.8 Å². The van der Waals surface area contributed by atoms with Gasteiger partial charge < -0.3 is 10.2 Å². The maximum Gasteiger partial charge on any atom is 0.255 e. The first-order valence-corrected chi connectivity index (χ1v) is 9.86. The second-order valence-electron chi connectivity index (χ2n) is 6.38. The van der Waals surface area contributed by atoms with Crippen molar-refractivity contribution < 1.29 is 0 Å². The van der Waals surface area contributed by atoms with Crippen molar-refractivity contribution in [2.75, 3.05) is 37.8 Å². The normalized spacial score (nSPS) is 18.5. The number of hydrogen-bond donors (Lipinski definition) is 1. The van der Waals surface area contributed by atoms with Crippen LogP contribution in [0, 0.1) is 0 Å². The molecule has 1 fully saturated rings. The third-order valence-electron chi connectivity index (χ3n) is 4.84. The van der Waals surface area contributed by atoms with Crippen LogP contribution >= 0.6 is 11.8 Å². The van der Waals surface area contributed by atoms with Crippen molar-refractivity contribution in [1.82, 2.24) is 24.5 Å². The zero-order valence-corrected chi connectivity index (χ0v) is 14.5. The minimum absolute atomic E-state index is 0.735. The minimum Gasteiger partial charge on any atom is -0.368 e. The zero-order chi connectivity index (χ0) is 15.6. The monoisotopic (exact) mass is 332 g/mol. The summed E-state index contributed by atoms with van der Waals surface area (Å²) in [6, 6.07) is 0. The summed E-state index contributed by atoms with van der Waals surface area (Å²) in [5.41, 5.74) is 2.57. The lowest BCUT2D eigenvalue weighted by Gasteiger charge is -2.21. The maximum absolute atomic E-state index is 4.76. The lowest BCUT2D eigenvalue weighted by Crippen LogP contribution is -2.27. The third-order valence-corrected chi connectivity index (χ3v) is 5.38. The predicted octanol–water partition coefficient (Wildman–Crippen LogP) is 2.23. The highest BCUT2D eigenvalue weighted by atomic mass is 32.2. The molecular weight excluding hydrogens is 308 g/mol. The van der Waals surface area contributed by atoms with Crippen LogP contribution in [-0.4, -0.2) is 56.9 Å². The highest BCUT2D eigenvalue weighted by molar-refractivity contribution is 7.98. The Labute approximate surface area is 141 Å². The molecule has 1 aliphatic heterocycles. The van der Waals surface area contributed by atoms with Crippen LogP contribution in [-0.2, 0) is 12.8 Å². The number of nitrogens with one attached hydrogen (secondary N) is 1. The van der Waals surface area contributed by atoms with Crippen molar-refractivity contribution in [2.45, 2.75) is 43.7 Å². The molecule has 2 aromatic heterocycles. The Bertz CT molecular complexity index is 691. The Morgan fingerprint density at radius 3 is 2.74 bits per heavy atom. The molecule has 4 rings (SSSR count). The highest BCUT2D eigenvalue weighted by Gasteiger charge is 2.21. The number of rotatable bonds is 5. The Kier molecular flexibility index (Phi) is 4.39. The molecule has 0 radical (unpaired) electrons. The molecule has 0 spiro atoms. The third kappa shape index (κ3) is 3.04. The van der Waals surface area contributed by atoms with Gasteiger partial charge in [-0.2, -0.15) is 9.50 Å². The second-order valence-corrected chi connectivity index (χ2v) is 7.15. The van der Waals surface area contributed by atoms with Crippen molar-refractivity contribution >= 4 is 23.4 Å². The molecule has 7 heteroatoms. The molecule has 3 heterocycles. The fourth-order valence-corrected chi connectivity index (χ4v) is 3.97. The Morgan fingerprint density at radius 2 is 1.91 bits per heavy atom. The van der Waals surface area contributed by atoms with Crippen LogP contribution in [0.5, 0.6) is 0 Å². The van der Waals surface area contributed by atoms with E-state index >= 15 is 0 Å². The van der Waals surface area contributed by atoms with Gasteiger partial charge in [0, 0.05) is 18.7 Å². The number of thioether (sulfide) groups is 1. The van der Waals surface area contributed by atoms with Gasteiger partial charge in [-0.1, -0.05) is 11.8 Å². The van der Waals surface area contributed by atoms with E-state index in [2.05, 4.69) is 20.3 Å². The minimum atomic E-state index is 0.735. The molecule has 0 unspecified atom stereocenters. The van der Waals surface area contributed by atoms with Crippen LogP contribution in [0.15, 0.2) is 5.16 Å². The number of anilines is 1. The van der Waals surface area contributed by atoms with Crippen molar-refractivity contribution in [3.05, 3.63) is 11.3 Å². The highest BCUT2D eigenvalue weighted by Crippen LogP contribution is 2.28. The predicted molar refractivity (Wildman–Crippen MR) is 93.4 cm³/mol. The summed E-state index contributed by atoms with van der Waals surface area (Å²) in [6.45, 7) is 4.54. The molecule has 0 aromatic carbocycles. The molecule has 2 aliphatic rings. The molecule has 1 N–H and O–H groups in total. The van der Waals surface area contributed by atoms with Gasteiger partial charge in [-0.15, -0.1) is 5.10 Å². The first-order chi connectivity index (χ1) is 11.3. The van der Waals surface area contributed by atoms with Gasteiger partial charge in [0.15, 0.2) is 0 Å². The van der Waals surface area contributed by atoms with Crippen molar-refractivity contribution in [3.8, 4) is 0 Å². The Hall–Kier alpha value is -1.34. The number of likely N-dealkylation sites (tertiary alicyclic amines) is 1. The van der Waals surface area contributed by atoms with E-state index < -0.39 is 0 Å². The first-order valence-electron chi connectivity index (χ1n) is 8.64. The van der Waals surface area contributed by atoms with Crippen LogP contribution in [0.25, 0.3) is 5.78 Å².